The first-order valence-electron chi connectivity index (χ1n) is 6.98. The van der Waals surface area contributed by atoms with Crippen molar-refractivity contribution < 1.29 is 28.5 Å². The Labute approximate surface area is 142 Å². The maximum Gasteiger partial charge on any atom is 0.336 e. The van der Waals surface area contributed by atoms with Crippen molar-refractivity contribution in [3.63, 3.8) is 0 Å². The molecule has 1 aromatic carbocycles. The summed E-state index contributed by atoms with van der Waals surface area (Å²) in [7, 11) is 2.52. The van der Waals surface area contributed by atoms with Crippen LogP contribution in [0.1, 0.15) is 11.5 Å². The highest BCUT2D eigenvalue weighted by molar-refractivity contribution is 6.32. The molecule has 0 saturated carbocycles. The first-order chi connectivity index (χ1) is 11.6. The van der Waals surface area contributed by atoms with Crippen LogP contribution in [-0.2, 0) is 19.1 Å². The first-order valence-corrected chi connectivity index (χ1v) is 7.36. The Morgan fingerprint density at radius 2 is 1.62 bits per heavy atom. The number of fused-ring (bicyclic) bond motifs is 1. The van der Waals surface area contributed by atoms with Gasteiger partial charge in [-0.15, -0.1) is 0 Å². The number of dihydropyridines is 1. The van der Waals surface area contributed by atoms with Crippen molar-refractivity contribution in [3.8, 4) is 11.5 Å². The molecule has 2 aliphatic rings. The second kappa shape index (κ2) is 6.45. The lowest BCUT2D eigenvalue weighted by atomic mass is 9.83. The van der Waals surface area contributed by atoms with E-state index in [0.717, 1.165) is 0 Å². The van der Waals surface area contributed by atoms with Gasteiger partial charge in [0.1, 0.15) is 0 Å². The number of methoxy groups -OCH3 is 2. The number of ether oxygens (including phenoxy) is 4. The van der Waals surface area contributed by atoms with Crippen molar-refractivity contribution in [2.24, 2.45) is 0 Å². The van der Waals surface area contributed by atoms with Gasteiger partial charge in [-0.1, -0.05) is 11.6 Å². The molecule has 0 radical (unpaired) electrons. The van der Waals surface area contributed by atoms with Gasteiger partial charge < -0.3 is 24.3 Å². The van der Waals surface area contributed by atoms with Crippen LogP contribution < -0.4 is 14.8 Å². The van der Waals surface area contributed by atoms with Gasteiger partial charge in [0, 0.05) is 23.5 Å². The Morgan fingerprint density at radius 3 is 2.17 bits per heavy atom. The number of nitrogens with one attached hydrogen (secondary N) is 1. The largest absolute Gasteiger partial charge is 0.466 e. The molecule has 2 aliphatic heterocycles. The summed E-state index contributed by atoms with van der Waals surface area (Å²) in [5.74, 6) is -0.939. The normalized spacial score (nSPS) is 16.0. The SMILES string of the molecule is COC(=O)C1=CNC=C(C(=O)OC)C1c1cc2c(cc1Cl)OCO2. The summed E-state index contributed by atoms with van der Waals surface area (Å²) in [5.41, 5.74) is 0.957. The van der Waals surface area contributed by atoms with E-state index in [2.05, 4.69) is 5.32 Å². The molecule has 0 fully saturated rings. The zero-order chi connectivity index (χ0) is 17.3. The number of halogens is 1. The summed E-state index contributed by atoms with van der Waals surface area (Å²) < 4.78 is 20.3. The van der Waals surface area contributed by atoms with E-state index in [1.165, 1.54) is 26.6 Å². The molecule has 0 atom stereocenters. The summed E-state index contributed by atoms with van der Waals surface area (Å²) >= 11 is 6.35. The smallest absolute Gasteiger partial charge is 0.336 e. The quantitative estimate of drug-likeness (QED) is 0.832. The molecule has 8 heteroatoms. The molecule has 0 aromatic heterocycles. The monoisotopic (exact) mass is 351 g/mol. The fraction of sp³-hybridized carbons (Fsp3) is 0.250. The van der Waals surface area contributed by atoms with Crippen LogP contribution in [0.3, 0.4) is 0 Å². The Kier molecular flexibility index (Phi) is 4.35. The van der Waals surface area contributed by atoms with Crippen LogP contribution in [0.2, 0.25) is 5.02 Å². The van der Waals surface area contributed by atoms with Gasteiger partial charge in [0.2, 0.25) is 6.79 Å². The summed E-state index contributed by atoms with van der Waals surface area (Å²) in [5, 5.41) is 3.09. The lowest BCUT2D eigenvalue weighted by molar-refractivity contribution is -0.137. The van der Waals surface area contributed by atoms with Gasteiger partial charge in [-0.3, -0.25) is 0 Å². The van der Waals surface area contributed by atoms with Crippen molar-refractivity contribution in [2.45, 2.75) is 5.92 Å². The second-order valence-corrected chi connectivity index (χ2v) is 5.42. The van der Waals surface area contributed by atoms with Crippen molar-refractivity contribution in [1.29, 1.82) is 0 Å². The predicted molar refractivity (Wildman–Crippen MR) is 83.6 cm³/mol. The number of rotatable bonds is 3. The highest BCUT2D eigenvalue weighted by Crippen LogP contribution is 2.44. The number of carbonyl (C=O) groups excluding carboxylic acids is 2. The zero-order valence-corrected chi connectivity index (χ0v) is 13.7. The van der Waals surface area contributed by atoms with E-state index >= 15 is 0 Å². The third kappa shape index (κ3) is 2.67. The molecule has 1 aromatic rings. The topological polar surface area (TPSA) is 83.1 Å². The van der Waals surface area contributed by atoms with E-state index in [1.807, 2.05) is 0 Å². The first kappa shape index (κ1) is 16.2. The highest BCUT2D eigenvalue weighted by Gasteiger charge is 2.36. The molecule has 1 N–H and O–H groups in total. The van der Waals surface area contributed by atoms with Crippen LogP contribution in [0.25, 0.3) is 0 Å². The summed E-state index contributed by atoms with van der Waals surface area (Å²) in [6.07, 6.45) is 2.92. The molecular weight excluding hydrogens is 338 g/mol. The van der Waals surface area contributed by atoms with E-state index in [9.17, 15) is 9.59 Å². The molecule has 3 rings (SSSR count). The minimum Gasteiger partial charge on any atom is -0.466 e. The number of carbonyl (C=O) groups is 2. The molecule has 0 amide bonds. The van der Waals surface area contributed by atoms with Gasteiger partial charge in [0.25, 0.3) is 0 Å². The molecule has 126 valence electrons. The number of hydrogen-bond acceptors (Lipinski definition) is 7. The van der Waals surface area contributed by atoms with Crippen LogP contribution >= 0.6 is 11.6 Å². The minimum atomic E-state index is -0.756. The Hall–Kier alpha value is -2.67. The highest BCUT2D eigenvalue weighted by atomic mass is 35.5. The van der Waals surface area contributed by atoms with E-state index in [4.69, 9.17) is 30.5 Å². The van der Waals surface area contributed by atoms with Crippen LogP contribution in [0.5, 0.6) is 11.5 Å². The van der Waals surface area contributed by atoms with Crippen LogP contribution in [0, 0.1) is 0 Å². The van der Waals surface area contributed by atoms with E-state index in [1.54, 1.807) is 12.1 Å². The Bertz CT molecular complexity index is 738. The summed E-state index contributed by atoms with van der Waals surface area (Å²) in [6, 6.07) is 3.24. The molecule has 2 heterocycles. The predicted octanol–water partition coefficient (Wildman–Crippen LogP) is 1.87. The minimum absolute atomic E-state index is 0.0841. The maximum atomic E-state index is 12.1. The van der Waals surface area contributed by atoms with Gasteiger partial charge in [-0.2, -0.15) is 0 Å². The molecule has 0 aliphatic carbocycles. The fourth-order valence-corrected chi connectivity index (χ4v) is 2.90. The molecule has 0 unspecified atom stereocenters. The van der Waals surface area contributed by atoms with Crippen LogP contribution in [0.15, 0.2) is 35.7 Å². The van der Waals surface area contributed by atoms with Gasteiger partial charge in [0.15, 0.2) is 11.5 Å². The Morgan fingerprint density at radius 1 is 1.08 bits per heavy atom. The molecule has 24 heavy (non-hydrogen) atoms. The van der Waals surface area contributed by atoms with Crippen molar-refractivity contribution in [1.82, 2.24) is 5.32 Å². The molecule has 0 saturated heterocycles. The van der Waals surface area contributed by atoms with Crippen LogP contribution in [0.4, 0.5) is 0 Å². The van der Waals surface area contributed by atoms with E-state index < -0.39 is 17.9 Å². The average Bonchev–Trinajstić information content (AvgIpc) is 3.06. The lowest BCUT2D eigenvalue weighted by Crippen LogP contribution is -2.26. The van der Waals surface area contributed by atoms with Crippen molar-refractivity contribution >= 4 is 23.5 Å². The Balaban J connectivity index is 2.13. The third-order valence-electron chi connectivity index (χ3n) is 3.74. The summed E-state index contributed by atoms with van der Waals surface area (Å²) in [6.45, 7) is 0.0841. The van der Waals surface area contributed by atoms with Crippen LogP contribution in [-0.4, -0.2) is 33.0 Å². The van der Waals surface area contributed by atoms with Gasteiger partial charge in [-0.05, 0) is 11.6 Å². The van der Waals surface area contributed by atoms with Gasteiger partial charge >= 0.3 is 11.9 Å². The zero-order valence-electron chi connectivity index (χ0n) is 12.9. The van der Waals surface area contributed by atoms with Gasteiger partial charge in [0.05, 0.1) is 31.3 Å². The van der Waals surface area contributed by atoms with E-state index in [-0.39, 0.29) is 17.9 Å². The number of esters is 2. The average molecular weight is 352 g/mol. The molecular formula is C16H14ClNO6. The van der Waals surface area contributed by atoms with Crippen molar-refractivity contribution in [3.05, 3.63) is 46.3 Å². The molecule has 0 bridgehead atoms. The van der Waals surface area contributed by atoms with E-state index in [0.29, 0.717) is 22.1 Å². The van der Waals surface area contributed by atoms with Crippen molar-refractivity contribution in [2.75, 3.05) is 21.0 Å². The number of hydrogen-bond donors (Lipinski definition) is 1. The fourth-order valence-electron chi connectivity index (χ4n) is 2.63. The lowest BCUT2D eigenvalue weighted by Gasteiger charge is -2.25. The molecule has 7 nitrogen and oxygen atoms in total. The molecule has 0 spiro atoms. The number of benzene rings is 1. The van der Waals surface area contributed by atoms with Gasteiger partial charge in [-0.25, -0.2) is 9.59 Å². The maximum absolute atomic E-state index is 12.1. The third-order valence-corrected chi connectivity index (χ3v) is 4.07. The summed E-state index contributed by atoms with van der Waals surface area (Å²) in [4.78, 5) is 24.3. The standard InChI is InChI=1S/C16H14ClNO6/c1-21-15(19)9-5-18-6-10(16(20)22-2)14(9)8-3-12-13(4-11(8)17)24-7-23-12/h3-6,14,18H,7H2,1-2H3. The second-order valence-electron chi connectivity index (χ2n) is 5.01.